The molecule has 0 N–H and O–H groups in total. The molecule has 0 radical (unpaired) electrons. The molecule has 0 aliphatic rings. The summed E-state index contributed by atoms with van der Waals surface area (Å²) in [4.78, 5) is 12.4. The van der Waals surface area contributed by atoms with Crippen molar-refractivity contribution >= 4 is 18.0 Å². The first-order chi connectivity index (χ1) is 10.7. The summed E-state index contributed by atoms with van der Waals surface area (Å²) < 4.78 is 15.3. The van der Waals surface area contributed by atoms with E-state index in [1.807, 2.05) is 30.5 Å². The van der Waals surface area contributed by atoms with Crippen LogP contribution in [0.4, 0.5) is 4.39 Å². The van der Waals surface area contributed by atoms with E-state index in [9.17, 15) is 9.18 Å². The molecular formula is C17H13FN2OS. The third-order valence-corrected chi connectivity index (χ3v) is 4.08. The lowest BCUT2D eigenvalue weighted by Gasteiger charge is -2.02. The van der Waals surface area contributed by atoms with E-state index in [0.29, 0.717) is 16.9 Å². The van der Waals surface area contributed by atoms with Crippen LogP contribution in [0.15, 0.2) is 59.6 Å². The maximum absolute atomic E-state index is 13.9. The van der Waals surface area contributed by atoms with E-state index >= 15 is 0 Å². The fourth-order valence-corrected chi connectivity index (χ4v) is 2.62. The van der Waals surface area contributed by atoms with Crippen molar-refractivity contribution in [2.24, 2.45) is 0 Å². The third kappa shape index (κ3) is 2.67. The van der Waals surface area contributed by atoms with Gasteiger partial charge in [-0.3, -0.25) is 4.79 Å². The molecule has 22 heavy (non-hydrogen) atoms. The van der Waals surface area contributed by atoms with E-state index in [0.717, 1.165) is 16.7 Å². The lowest BCUT2D eigenvalue weighted by atomic mass is 10.1. The van der Waals surface area contributed by atoms with Gasteiger partial charge in [-0.15, -0.1) is 11.8 Å². The van der Waals surface area contributed by atoms with Gasteiger partial charge in [-0.25, -0.2) is 9.07 Å². The van der Waals surface area contributed by atoms with Gasteiger partial charge >= 0.3 is 0 Å². The molecular weight excluding hydrogens is 299 g/mol. The van der Waals surface area contributed by atoms with Crippen molar-refractivity contribution < 1.29 is 9.18 Å². The molecule has 3 nitrogen and oxygen atoms in total. The van der Waals surface area contributed by atoms with Gasteiger partial charge in [0, 0.05) is 16.7 Å². The Morgan fingerprint density at radius 2 is 1.86 bits per heavy atom. The quantitative estimate of drug-likeness (QED) is 0.534. The van der Waals surface area contributed by atoms with Crippen molar-refractivity contribution in [1.82, 2.24) is 9.78 Å². The second-order valence-electron chi connectivity index (χ2n) is 4.68. The van der Waals surface area contributed by atoms with Crippen LogP contribution in [-0.2, 0) is 0 Å². The zero-order valence-electron chi connectivity index (χ0n) is 11.9. The van der Waals surface area contributed by atoms with Gasteiger partial charge < -0.3 is 0 Å². The summed E-state index contributed by atoms with van der Waals surface area (Å²) in [6, 6.07) is 14.1. The Labute approximate surface area is 131 Å². The number of hydrogen-bond donors (Lipinski definition) is 0. The maximum atomic E-state index is 13.9. The van der Waals surface area contributed by atoms with Gasteiger partial charge in [0.2, 0.25) is 0 Å². The number of para-hydroxylation sites is 1. The van der Waals surface area contributed by atoms with Crippen LogP contribution in [0.1, 0.15) is 10.4 Å². The number of rotatable bonds is 4. The molecule has 0 atom stereocenters. The maximum Gasteiger partial charge on any atom is 0.153 e. The summed E-state index contributed by atoms with van der Waals surface area (Å²) in [6.45, 7) is 0. The highest BCUT2D eigenvalue weighted by molar-refractivity contribution is 7.98. The van der Waals surface area contributed by atoms with Gasteiger partial charge in [-0.05, 0) is 30.5 Å². The number of carbonyl (C=O) groups is 1. The molecule has 0 saturated carbocycles. The van der Waals surface area contributed by atoms with Crippen LogP contribution >= 0.6 is 11.8 Å². The fraction of sp³-hybridized carbons (Fsp3) is 0.0588. The van der Waals surface area contributed by atoms with Crippen LogP contribution in [0.2, 0.25) is 0 Å². The number of thioether (sulfide) groups is 1. The van der Waals surface area contributed by atoms with E-state index in [1.165, 1.54) is 10.7 Å². The van der Waals surface area contributed by atoms with Crippen molar-refractivity contribution in [1.29, 1.82) is 0 Å². The number of nitrogens with zero attached hydrogens (tertiary/aromatic N) is 2. The van der Waals surface area contributed by atoms with Gasteiger partial charge in [0.05, 0.1) is 5.56 Å². The summed E-state index contributed by atoms with van der Waals surface area (Å²) in [5, 5.41) is 4.38. The molecule has 2 aromatic carbocycles. The van der Waals surface area contributed by atoms with E-state index < -0.39 is 0 Å². The number of aldehydes is 1. The first-order valence-corrected chi connectivity index (χ1v) is 7.89. The number of hydrogen-bond acceptors (Lipinski definition) is 3. The molecule has 1 aromatic heterocycles. The van der Waals surface area contributed by atoms with Crippen LogP contribution in [0, 0.1) is 5.82 Å². The minimum atomic E-state index is -0.383. The summed E-state index contributed by atoms with van der Waals surface area (Å²) in [6.07, 6.45) is 4.28. The molecule has 0 amide bonds. The molecule has 110 valence electrons. The highest BCUT2D eigenvalue weighted by Crippen LogP contribution is 2.25. The smallest absolute Gasteiger partial charge is 0.153 e. The third-order valence-electron chi connectivity index (χ3n) is 3.33. The van der Waals surface area contributed by atoms with Crippen LogP contribution < -0.4 is 0 Å². The van der Waals surface area contributed by atoms with E-state index in [-0.39, 0.29) is 5.82 Å². The van der Waals surface area contributed by atoms with Crippen LogP contribution in [0.3, 0.4) is 0 Å². The topological polar surface area (TPSA) is 34.9 Å². The molecule has 0 aliphatic carbocycles. The molecule has 3 aromatic rings. The van der Waals surface area contributed by atoms with Crippen molar-refractivity contribution in [2.45, 2.75) is 4.90 Å². The Balaban J connectivity index is 2.08. The van der Waals surface area contributed by atoms with Crippen molar-refractivity contribution in [2.75, 3.05) is 6.26 Å². The highest BCUT2D eigenvalue weighted by atomic mass is 32.2. The molecule has 3 rings (SSSR count). The number of halogens is 1. The molecule has 1 heterocycles. The lowest BCUT2D eigenvalue weighted by Crippen LogP contribution is -1.97. The number of benzene rings is 2. The fourth-order valence-electron chi connectivity index (χ4n) is 2.21. The Morgan fingerprint density at radius 3 is 2.50 bits per heavy atom. The summed E-state index contributed by atoms with van der Waals surface area (Å²) in [7, 11) is 0. The normalized spacial score (nSPS) is 10.6. The summed E-state index contributed by atoms with van der Waals surface area (Å²) in [5.41, 5.74) is 2.12. The lowest BCUT2D eigenvalue weighted by molar-refractivity contribution is 0.112. The average molecular weight is 312 g/mol. The molecule has 0 spiro atoms. The second kappa shape index (κ2) is 6.15. The van der Waals surface area contributed by atoms with Crippen molar-refractivity contribution in [3.8, 4) is 16.9 Å². The first kappa shape index (κ1) is 14.5. The minimum Gasteiger partial charge on any atom is -0.298 e. The van der Waals surface area contributed by atoms with Crippen molar-refractivity contribution in [3.05, 3.63) is 66.1 Å². The van der Waals surface area contributed by atoms with E-state index in [2.05, 4.69) is 5.10 Å². The number of aromatic nitrogens is 2. The van der Waals surface area contributed by atoms with Crippen LogP contribution in [0.25, 0.3) is 16.9 Å². The Kier molecular flexibility index (Phi) is 4.06. The molecule has 0 bridgehead atoms. The van der Waals surface area contributed by atoms with E-state index in [4.69, 9.17) is 0 Å². The second-order valence-corrected chi connectivity index (χ2v) is 5.56. The molecule has 0 unspecified atom stereocenters. The zero-order valence-corrected chi connectivity index (χ0v) is 12.7. The zero-order chi connectivity index (χ0) is 15.5. The first-order valence-electron chi connectivity index (χ1n) is 6.67. The Morgan fingerprint density at radius 1 is 1.14 bits per heavy atom. The van der Waals surface area contributed by atoms with Crippen LogP contribution in [-0.4, -0.2) is 22.3 Å². The highest BCUT2D eigenvalue weighted by Gasteiger charge is 2.13. The molecule has 5 heteroatoms. The van der Waals surface area contributed by atoms with Crippen molar-refractivity contribution in [3.63, 3.8) is 0 Å². The van der Waals surface area contributed by atoms with Gasteiger partial charge in [0.1, 0.15) is 17.2 Å². The average Bonchev–Trinajstić information content (AvgIpc) is 2.99. The van der Waals surface area contributed by atoms with Gasteiger partial charge in [0.25, 0.3) is 0 Å². The monoisotopic (exact) mass is 312 g/mol. The molecule has 0 aliphatic heterocycles. The number of carbonyl (C=O) groups excluding carboxylic acids is 1. The van der Waals surface area contributed by atoms with Gasteiger partial charge in [0.15, 0.2) is 6.29 Å². The Bertz CT molecular complexity index is 812. The SMILES string of the molecule is CSc1ccc(-c2nn(-c3ccccc3F)cc2C=O)cc1. The Hall–Kier alpha value is -2.40. The molecule has 0 saturated heterocycles. The molecule has 0 fully saturated rings. The summed E-state index contributed by atoms with van der Waals surface area (Å²) >= 11 is 1.64. The van der Waals surface area contributed by atoms with E-state index in [1.54, 1.807) is 36.2 Å². The van der Waals surface area contributed by atoms with Gasteiger partial charge in [-0.2, -0.15) is 5.10 Å². The predicted molar refractivity (Wildman–Crippen MR) is 86.1 cm³/mol. The van der Waals surface area contributed by atoms with Gasteiger partial charge in [-0.1, -0.05) is 24.3 Å². The summed E-state index contributed by atoms with van der Waals surface area (Å²) in [5.74, 6) is -0.383. The predicted octanol–water partition coefficient (Wildman–Crippen LogP) is 4.21. The minimum absolute atomic E-state index is 0.317. The van der Waals surface area contributed by atoms with Crippen LogP contribution in [0.5, 0.6) is 0 Å². The standard InChI is InChI=1S/C17H13FN2OS/c1-22-14-8-6-12(7-9-14)17-13(11-21)10-20(19-17)16-5-3-2-4-15(16)18/h2-11H,1H3. The largest absolute Gasteiger partial charge is 0.298 e.